The number of anilines is 2. The maximum atomic E-state index is 13.4. The third-order valence-corrected chi connectivity index (χ3v) is 6.00. The summed E-state index contributed by atoms with van der Waals surface area (Å²) in [6.07, 6.45) is -4.76. The van der Waals surface area contributed by atoms with Gasteiger partial charge >= 0.3 is 24.1 Å². The molecule has 1 aliphatic heterocycles. The molecule has 0 aliphatic carbocycles. The standard InChI is InChI=1S/C23H33F3N6O7/c24-23(25,26)17-11-16(27)1-2-18(17)28-19(33)12-29-3-5-30(13-20(34)35)7-9-32(15-22(38)39)10-8-31(6-4-29)14-21(36)37/h1-2,11H,3-10,12-15,27H2,(H,28,33)(H,34,35)(H,36,37)(H,38,39). The van der Waals surface area contributed by atoms with E-state index in [0.717, 1.165) is 6.07 Å². The largest absolute Gasteiger partial charge is 0.480 e. The number of carboxylic acid groups (broad SMARTS) is 3. The van der Waals surface area contributed by atoms with Crippen LogP contribution in [-0.4, -0.2) is 137 Å². The van der Waals surface area contributed by atoms with E-state index < -0.39 is 41.2 Å². The lowest BCUT2D eigenvalue weighted by Crippen LogP contribution is -2.49. The number of halogens is 3. The Morgan fingerprint density at radius 1 is 0.718 bits per heavy atom. The van der Waals surface area contributed by atoms with Gasteiger partial charge in [0, 0.05) is 58.0 Å². The van der Waals surface area contributed by atoms with E-state index in [4.69, 9.17) is 5.73 Å². The molecule has 1 fully saturated rings. The lowest BCUT2D eigenvalue weighted by Gasteiger charge is -2.32. The van der Waals surface area contributed by atoms with Crippen LogP contribution < -0.4 is 11.1 Å². The molecule has 6 N–H and O–H groups in total. The molecule has 1 aromatic carbocycles. The molecule has 39 heavy (non-hydrogen) atoms. The first-order valence-electron chi connectivity index (χ1n) is 12.0. The topological polar surface area (TPSA) is 180 Å². The number of nitrogen functional groups attached to an aromatic ring is 1. The lowest BCUT2D eigenvalue weighted by atomic mass is 10.1. The van der Waals surface area contributed by atoms with E-state index in [2.05, 4.69) is 5.32 Å². The van der Waals surface area contributed by atoms with Crippen molar-refractivity contribution in [3.63, 3.8) is 0 Å². The van der Waals surface area contributed by atoms with Crippen molar-refractivity contribution in [2.45, 2.75) is 6.18 Å². The van der Waals surface area contributed by atoms with Crippen LogP contribution in [0.5, 0.6) is 0 Å². The first kappa shape index (κ1) is 31.7. The van der Waals surface area contributed by atoms with Gasteiger partial charge in [-0.1, -0.05) is 0 Å². The van der Waals surface area contributed by atoms with Crippen molar-refractivity contribution >= 4 is 35.2 Å². The Morgan fingerprint density at radius 2 is 1.08 bits per heavy atom. The van der Waals surface area contributed by atoms with Gasteiger partial charge in [0.2, 0.25) is 5.91 Å². The Bertz CT molecular complexity index is 994. The number of carbonyl (C=O) groups excluding carboxylic acids is 1. The molecule has 0 spiro atoms. The minimum absolute atomic E-state index is 0.123. The normalized spacial score (nSPS) is 17.6. The quantitative estimate of drug-likeness (QED) is 0.249. The molecule has 1 saturated heterocycles. The van der Waals surface area contributed by atoms with Crippen LogP contribution in [0.2, 0.25) is 0 Å². The summed E-state index contributed by atoms with van der Waals surface area (Å²) in [4.78, 5) is 53.1. The van der Waals surface area contributed by atoms with Crippen molar-refractivity contribution in [1.82, 2.24) is 19.6 Å². The maximum Gasteiger partial charge on any atom is 0.418 e. The predicted molar refractivity (Wildman–Crippen MR) is 133 cm³/mol. The molecule has 0 radical (unpaired) electrons. The first-order chi connectivity index (χ1) is 18.2. The van der Waals surface area contributed by atoms with Gasteiger partial charge in [-0.3, -0.25) is 38.8 Å². The number of nitrogens with zero attached hydrogens (tertiary/aromatic N) is 4. The second kappa shape index (κ2) is 14.6. The molecule has 1 aliphatic rings. The van der Waals surface area contributed by atoms with Crippen molar-refractivity contribution in [1.29, 1.82) is 0 Å². The number of hydrogen-bond acceptors (Lipinski definition) is 9. The van der Waals surface area contributed by atoms with Gasteiger partial charge in [-0.2, -0.15) is 13.2 Å². The molecule has 1 aromatic rings. The summed E-state index contributed by atoms with van der Waals surface area (Å²) in [5.74, 6) is -4.04. The third kappa shape index (κ3) is 11.8. The lowest BCUT2D eigenvalue weighted by molar-refractivity contribution is -0.140. The molecule has 0 bridgehead atoms. The van der Waals surface area contributed by atoms with E-state index in [9.17, 15) is 47.7 Å². The van der Waals surface area contributed by atoms with Crippen molar-refractivity contribution < 1.29 is 47.7 Å². The van der Waals surface area contributed by atoms with Crippen LogP contribution in [0.3, 0.4) is 0 Å². The van der Waals surface area contributed by atoms with E-state index in [1.807, 2.05) is 0 Å². The number of carboxylic acids is 3. The molecule has 218 valence electrons. The fraction of sp³-hybridized carbons (Fsp3) is 0.565. The molecule has 16 heteroatoms. The number of amides is 1. The monoisotopic (exact) mass is 562 g/mol. The van der Waals surface area contributed by atoms with Crippen molar-refractivity contribution in [3.8, 4) is 0 Å². The van der Waals surface area contributed by atoms with Crippen molar-refractivity contribution in [3.05, 3.63) is 23.8 Å². The number of hydrogen-bond donors (Lipinski definition) is 5. The summed E-state index contributed by atoms with van der Waals surface area (Å²) >= 11 is 0. The highest BCUT2D eigenvalue weighted by Gasteiger charge is 2.34. The number of aliphatic carboxylic acids is 3. The number of carbonyl (C=O) groups is 4. The molecular formula is C23H33F3N6O7. The van der Waals surface area contributed by atoms with Gasteiger partial charge in [0.25, 0.3) is 0 Å². The van der Waals surface area contributed by atoms with Gasteiger partial charge < -0.3 is 26.4 Å². The molecular weight excluding hydrogens is 529 g/mol. The van der Waals surface area contributed by atoms with Gasteiger partial charge in [0.05, 0.1) is 37.4 Å². The minimum atomic E-state index is -4.76. The third-order valence-electron chi connectivity index (χ3n) is 6.00. The molecule has 0 aromatic heterocycles. The highest BCUT2D eigenvalue weighted by molar-refractivity contribution is 5.93. The zero-order valence-electron chi connectivity index (χ0n) is 21.2. The molecule has 0 atom stereocenters. The van der Waals surface area contributed by atoms with Gasteiger partial charge in [0.15, 0.2) is 0 Å². The summed E-state index contributed by atoms with van der Waals surface area (Å²) in [5.41, 5.74) is 3.78. The number of benzene rings is 1. The van der Waals surface area contributed by atoms with Crippen LogP contribution >= 0.6 is 0 Å². The summed E-state index contributed by atoms with van der Waals surface area (Å²) in [5, 5.41) is 30.0. The zero-order chi connectivity index (χ0) is 29.2. The highest BCUT2D eigenvalue weighted by atomic mass is 19.4. The van der Waals surface area contributed by atoms with Gasteiger partial charge in [0.1, 0.15) is 0 Å². The molecule has 0 saturated carbocycles. The number of rotatable bonds is 9. The fourth-order valence-electron chi connectivity index (χ4n) is 4.08. The second-order valence-electron chi connectivity index (χ2n) is 9.14. The number of nitrogens with one attached hydrogen (secondary N) is 1. The Labute approximate surface area is 222 Å². The Balaban J connectivity index is 2.20. The SMILES string of the molecule is Nc1ccc(NC(=O)CN2CCN(CC(=O)O)CCN(CC(=O)O)CCN(CC(=O)O)CC2)c(C(F)(F)F)c1. The van der Waals surface area contributed by atoms with Gasteiger partial charge in [-0.15, -0.1) is 0 Å². The van der Waals surface area contributed by atoms with E-state index in [1.54, 1.807) is 19.6 Å². The van der Waals surface area contributed by atoms with Gasteiger partial charge in [-0.25, -0.2) is 0 Å². The van der Waals surface area contributed by atoms with E-state index in [-0.39, 0.29) is 84.2 Å². The molecule has 13 nitrogen and oxygen atoms in total. The first-order valence-corrected chi connectivity index (χ1v) is 12.0. The highest BCUT2D eigenvalue weighted by Crippen LogP contribution is 2.36. The number of alkyl halides is 3. The van der Waals surface area contributed by atoms with E-state index in [1.165, 1.54) is 6.07 Å². The fourth-order valence-corrected chi connectivity index (χ4v) is 4.08. The average molecular weight is 563 g/mol. The maximum absolute atomic E-state index is 13.4. The summed E-state index contributed by atoms with van der Waals surface area (Å²) in [6, 6.07) is 2.99. The predicted octanol–water partition coefficient (Wildman–Crippen LogP) is -0.298. The second-order valence-corrected chi connectivity index (χ2v) is 9.14. The summed E-state index contributed by atoms with van der Waals surface area (Å²) in [7, 11) is 0. The van der Waals surface area contributed by atoms with Crippen LogP contribution in [0.4, 0.5) is 24.5 Å². The van der Waals surface area contributed by atoms with Crippen LogP contribution in [0.25, 0.3) is 0 Å². The molecule has 1 amide bonds. The number of nitrogens with two attached hydrogens (primary N) is 1. The Kier molecular flexibility index (Phi) is 11.9. The summed E-state index contributed by atoms with van der Waals surface area (Å²) in [6.45, 7) is 0.0915. The Morgan fingerprint density at radius 3 is 1.41 bits per heavy atom. The molecule has 2 rings (SSSR count). The van der Waals surface area contributed by atoms with Crippen LogP contribution in [0.15, 0.2) is 18.2 Å². The zero-order valence-corrected chi connectivity index (χ0v) is 21.2. The van der Waals surface area contributed by atoms with Crippen LogP contribution in [0, 0.1) is 0 Å². The van der Waals surface area contributed by atoms with Gasteiger partial charge in [-0.05, 0) is 18.2 Å². The van der Waals surface area contributed by atoms with Crippen molar-refractivity contribution in [2.75, 3.05) is 89.6 Å². The Hall–Kier alpha value is -3.47. The van der Waals surface area contributed by atoms with Crippen LogP contribution in [-0.2, 0) is 25.4 Å². The van der Waals surface area contributed by atoms with Crippen molar-refractivity contribution in [2.24, 2.45) is 0 Å². The average Bonchev–Trinajstić information content (AvgIpc) is 2.80. The smallest absolute Gasteiger partial charge is 0.418 e. The minimum Gasteiger partial charge on any atom is -0.480 e. The summed E-state index contributed by atoms with van der Waals surface area (Å²) < 4.78 is 40.3. The molecule has 1 heterocycles. The van der Waals surface area contributed by atoms with Crippen LogP contribution in [0.1, 0.15) is 5.56 Å². The molecule has 0 unspecified atom stereocenters. The van der Waals surface area contributed by atoms with E-state index >= 15 is 0 Å². The van der Waals surface area contributed by atoms with E-state index in [0.29, 0.717) is 6.07 Å².